The van der Waals surface area contributed by atoms with E-state index in [2.05, 4.69) is 10.3 Å². The van der Waals surface area contributed by atoms with Gasteiger partial charge in [-0.25, -0.2) is 9.37 Å². The van der Waals surface area contributed by atoms with Crippen LogP contribution in [0.25, 0.3) is 0 Å². The number of aromatic nitrogens is 2. The van der Waals surface area contributed by atoms with Crippen LogP contribution in [0, 0.1) is 12.7 Å². The zero-order valence-electron chi connectivity index (χ0n) is 11.7. The zero-order chi connectivity index (χ0) is 14.7. The third kappa shape index (κ3) is 3.49. The quantitative estimate of drug-likeness (QED) is 0.908. The molecular formula is C14H17ClFN3O. The average Bonchev–Trinajstić information content (AvgIpc) is 2.69. The van der Waals surface area contributed by atoms with Crippen LogP contribution in [0.3, 0.4) is 0 Å². The SMILES string of the molecule is COCC(C)n1cc(C)nc1Nc1cc(F)cc(Cl)c1. The number of hydrogen-bond acceptors (Lipinski definition) is 3. The Hall–Kier alpha value is -1.59. The standard InChI is InChI=1S/C14H17ClFN3O/c1-9-7-19(10(2)8-20-3)14(17-9)18-13-5-11(15)4-12(16)6-13/h4-7,10H,8H2,1-3H3,(H,17,18). The van der Waals surface area contributed by atoms with E-state index < -0.39 is 0 Å². The predicted molar refractivity (Wildman–Crippen MR) is 78.2 cm³/mol. The Labute approximate surface area is 122 Å². The Morgan fingerprint density at radius 2 is 2.20 bits per heavy atom. The molecule has 0 saturated carbocycles. The summed E-state index contributed by atoms with van der Waals surface area (Å²) in [6, 6.07) is 4.41. The number of halogens is 2. The van der Waals surface area contributed by atoms with Crippen molar-refractivity contribution < 1.29 is 9.13 Å². The van der Waals surface area contributed by atoms with Crippen LogP contribution < -0.4 is 5.32 Å². The van der Waals surface area contributed by atoms with Gasteiger partial charge >= 0.3 is 0 Å². The monoisotopic (exact) mass is 297 g/mol. The summed E-state index contributed by atoms with van der Waals surface area (Å²) in [7, 11) is 1.65. The first kappa shape index (κ1) is 14.8. The molecule has 0 saturated heterocycles. The molecule has 2 rings (SSSR count). The fourth-order valence-corrected chi connectivity index (χ4v) is 2.24. The molecule has 6 heteroatoms. The first-order valence-electron chi connectivity index (χ1n) is 6.27. The summed E-state index contributed by atoms with van der Waals surface area (Å²) >= 11 is 5.85. The van der Waals surface area contributed by atoms with Gasteiger partial charge in [-0.1, -0.05) is 11.6 Å². The van der Waals surface area contributed by atoms with Crippen LogP contribution in [0.5, 0.6) is 0 Å². The van der Waals surface area contributed by atoms with Gasteiger partial charge in [-0.15, -0.1) is 0 Å². The number of aryl methyl sites for hydroxylation is 1. The van der Waals surface area contributed by atoms with Gasteiger partial charge in [0, 0.05) is 24.0 Å². The van der Waals surface area contributed by atoms with Crippen molar-refractivity contribution in [1.82, 2.24) is 9.55 Å². The van der Waals surface area contributed by atoms with Crippen molar-refractivity contribution >= 4 is 23.2 Å². The van der Waals surface area contributed by atoms with E-state index in [1.807, 2.05) is 24.6 Å². The summed E-state index contributed by atoms with van der Waals surface area (Å²) in [5.74, 6) is 0.244. The van der Waals surface area contributed by atoms with Gasteiger partial charge in [-0.05, 0) is 32.0 Å². The third-order valence-electron chi connectivity index (χ3n) is 2.85. The number of ether oxygens (including phenoxy) is 1. The maximum absolute atomic E-state index is 13.3. The summed E-state index contributed by atoms with van der Waals surface area (Å²) in [6.45, 7) is 4.49. The Morgan fingerprint density at radius 1 is 1.45 bits per heavy atom. The van der Waals surface area contributed by atoms with Gasteiger partial charge in [-0.3, -0.25) is 0 Å². The summed E-state index contributed by atoms with van der Waals surface area (Å²) < 4.78 is 20.5. The second kappa shape index (κ2) is 6.24. The largest absolute Gasteiger partial charge is 0.383 e. The van der Waals surface area contributed by atoms with Crippen molar-refractivity contribution in [1.29, 1.82) is 0 Å². The van der Waals surface area contributed by atoms with Crippen molar-refractivity contribution in [3.63, 3.8) is 0 Å². The Balaban J connectivity index is 2.28. The summed E-state index contributed by atoms with van der Waals surface area (Å²) in [5, 5.41) is 3.43. The minimum atomic E-state index is -0.389. The van der Waals surface area contributed by atoms with Crippen LogP contribution in [0.15, 0.2) is 24.4 Å². The lowest BCUT2D eigenvalue weighted by atomic mass is 10.3. The van der Waals surface area contributed by atoms with E-state index in [9.17, 15) is 4.39 Å². The minimum absolute atomic E-state index is 0.118. The number of benzene rings is 1. The Bertz CT molecular complexity index is 580. The number of hydrogen-bond donors (Lipinski definition) is 1. The van der Waals surface area contributed by atoms with Gasteiger partial charge in [0.25, 0.3) is 0 Å². The molecule has 108 valence electrons. The van der Waals surface area contributed by atoms with Crippen LogP contribution in [0.4, 0.5) is 16.0 Å². The molecule has 20 heavy (non-hydrogen) atoms. The van der Waals surface area contributed by atoms with Crippen LogP contribution in [-0.2, 0) is 4.74 Å². The van der Waals surface area contributed by atoms with Crippen LogP contribution in [0.2, 0.25) is 5.02 Å². The van der Waals surface area contributed by atoms with Crippen LogP contribution in [-0.4, -0.2) is 23.3 Å². The molecule has 2 aromatic rings. The number of rotatable bonds is 5. The van der Waals surface area contributed by atoms with Crippen molar-refractivity contribution in [2.24, 2.45) is 0 Å². The van der Waals surface area contributed by atoms with Gasteiger partial charge in [0.1, 0.15) is 5.82 Å². The van der Waals surface area contributed by atoms with E-state index in [0.717, 1.165) is 5.69 Å². The lowest BCUT2D eigenvalue weighted by Crippen LogP contribution is -2.12. The topological polar surface area (TPSA) is 39.1 Å². The van der Waals surface area contributed by atoms with Crippen molar-refractivity contribution in [2.75, 3.05) is 19.0 Å². The Morgan fingerprint density at radius 3 is 2.85 bits per heavy atom. The molecule has 4 nitrogen and oxygen atoms in total. The lowest BCUT2D eigenvalue weighted by Gasteiger charge is -2.16. The van der Waals surface area contributed by atoms with Crippen molar-refractivity contribution in [3.05, 3.63) is 40.9 Å². The van der Waals surface area contributed by atoms with Crippen LogP contribution in [0.1, 0.15) is 18.7 Å². The highest BCUT2D eigenvalue weighted by Crippen LogP contribution is 2.24. The molecule has 1 unspecified atom stereocenters. The van der Waals surface area contributed by atoms with Gasteiger partial charge < -0.3 is 14.6 Å². The molecule has 0 aliphatic carbocycles. The molecule has 0 radical (unpaired) electrons. The van der Waals surface area contributed by atoms with E-state index in [1.165, 1.54) is 12.1 Å². The molecule has 1 atom stereocenters. The average molecular weight is 298 g/mol. The number of imidazole rings is 1. The second-order valence-electron chi connectivity index (χ2n) is 4.70. The fraction of sp³-hybridized carbons (Fsp3) is 0.357. The maximum atomic E-state index is 13.3. The molecule has 0 aliphatic rings. The van der Waals surface area contributed by atoms with Crippen molar-refractivity contribution in [3.8, 4) is 0 Å². The van der Waals surface area contributed by atoms with Gasteiger partial charge in [0.05, 0.1) is 18.3 Å². The highest BCUT2D eigenvalue weighted by atomic mass is 35.5. The van der Waals surface area contributed by atoms with Gasteiger partial charge in [0.2, 0.25) is 5.95 Å². The molecule has 1 heterocycles. The van der Waals surface area contributed by atoms with E-state index in [0.29, 0.717) is 23.3 Å². The second-order valence-corrected chi connectivity index (χ2v) is 5.14. The number of methoxy groups -OCH3 is 1. The normalized spacial score (nSPS) is 12.4. The molecule has 1 aromatic heterocycles. The lowest BCUT2D eigenvalue weighted by molar-refractivity contribution is 0.163. The molecule has 1 aromatic carbocycles. The van der Waals surface area contributed by atoms with E-state index >= 15 is 0 Å². The summed E-state index contributed by atoms with van der Waals surface area (Å²) in [6.07, 6.45) is 1.92. The van der Waals surface area contributed by atoms with Crippen molar-refractivity contribution in [2.45, 2.75) is 19.9 Å². The molecule has 0 bridgehead atoms. The minimum Gasteiger partial charge on any atom is -0.383 e. The molecule has 0 amide bonds. The number of anilines is 2. The highest BCUT2D eigenvalue weighted by molar-refractivity contribution is 6.30. The molecule has 0 spiro atoms. The zero-order valence-corrected chi connectivity index (χ0v) is 12.4. The van der Waals surface area contributed by atoms with Gasteiger partial charge in [-0.2, -0.15) is 0 Å². The first-order chi connectivity index (χ1) is 9.49. The fourth-order valence-electron chi connectivity index (χ4n) is 2.02. The smallest absolute Gasteiger partial charge is 0.207 e. The van der Waals surface area contributed by atoms with Gasteiger partial charge in [0.15, 0.2) is 0 Å². The molecular weight excluding hydrogens is 281 g/mol. The maximum Gasteiger partial charge on any atom is 0.207 e. The summed E-state index contributed by atoms with van der Waals surface area (Å²) in [5.41, 5.74) is 1.43. The first-order valence-corrected chi connectivity index (χ1v) is 6.65. The van der Waals surface area contributed by atoms with E-state index in [4.69, 9.17) is 16.3 Å². The number of nitrogens with one attached hydrogen (secondary N) is 1. The van der Waals surface area contributed by atoms with Crippen LogP contribution >= 0.6 is 11.6 Å². The predicted octanol–water partition coefficient (Wildman–Crippen LogP) is 3.94. The van der Waals surface area contributed by atoms with E-state index in [1.54, 1.807) is 13.2 Å². The number of nitrogens with zero attached hydrogens (tertiary/aromatic N) is 2. The molecule has 0 fully saturated rings. The molecule has 1 N–H and O–H groups in total. The summed E-state index contributed by atoms with van der Waals surface area (Å²) in [4.78, 5) is 4.40. The third-order valence-corrected chi connectivity index (χ3v) is 3.07. The van der Waals surface area contributed by atoms with E-state index in [-0.39, 0.29) is 11.9 Å². The Kier molecular flexibility index (Phi) is 4.62. The highest BCUT2D eigenvalue weighted by Gasteiger charge is 2.12. The molecule has 0 aliphatic heterocycles.